The molecule has 1 heterocycles. The molecule has 0 N–H and O–H groups in total. The standard InChI is InChI=1S/C15H18N3O.ClH/c1-17-10-8-13(9-11-17)12-16-18(2)14-4-6-15(19-3)7-5-14;/h4-12H,1-3H3;1H/q+1;/p-1. The first kappa shape index (κ1) is 16.0. The summed E-state index contributed by atoms with van der Waals surface area (Å²) in [6.45, 7) is 0. The maximum atomic E-state index is 5.13. The Morgan fingerprint density at radius 3 is 2.25 bits per heavy atom. The Morgan fingerprint density at radius 2 is 1.70 bits per heavy atom. The number of ether oxygens (including phenoxy) is 1. The molecule has 20 heavy (non-hydrogen) atoms. The number of halogens is 1. The number of aryl methyl sites for hydroxylation is 1. The van der Waals surface area contributed by atoms with Gasteiger partial charge in [-0.05, 0) is 24.3 Å². The zero-order chi connectivity index (χ0) is 13.7. The van der Waals surface area contributed by atoms with E-state index in [2.05, 4.69) is 5.10 Å². The molecule has 106 valence electrons. The Hall–Kier alpha value is -2.07. The van der Waals surface area contributed by atoms with E-state index in [4.69, 9.17) is 4.74 Å². The fourth-order valence-corrected chi connectivity index (χ4v) is 1.62. The Morgan fingerprint density at radius 1 is 1.10 bits per heavy atom. The molecule has 0 saturated heterocycles. The van der Waals surface area contributed by atoms with E-state index in [1.807, 2.05) is 78.7 Å². The van der Waals surface area contributed by atoms with Crippen molar-refractivity contribution >= 4 is 11.9 Å². The van der Waals surface area contributed by atoms with E-state index in [0.29, 0.717) is 0 Å². The van der Waals surface area contributed by atoms with Crippen molar-refractivity contribution in [2.24, 2.45) is 12.1 Å². The highest BCUT2D eigenvalue weighted by atomic mass is 35.5. The van der Waals surface area contributed by atoms with Crippen LogP contribution in [0.4, 0.5) is 5.69 Å². The average molecular weight is 292 g/mol. The van der Waals surface area contributed by atoms with Crippen molar-refractivity contribution in [1.29, 1.82) is 0 Å². The predicted molar refractivity (Wildman–Crippen MR) is 76.6 cm³/mol. The van der Waals surface area contributed by atoms with Crippen molar-refractivity contribution in [3.8, 4) is 5.75 Å². The second-order valence-electron chi connectivity index (χ2n) is 4.26. The second kappa shape index (κ2) is 7.50. The summed E-state index contributed by atoms with van der Waals surface area (Å²) in [4.78, 5) is 0. The van der Waals surface area contributed by atoms with Gasteiger partial charge in [-0.3, -0.25) is 5.01 Å². The van der Waals surface area contributed by atoms with E-state index in [1.54, 1.807) is 7.11 Å². The Kier molecular flexibility index (Phi) is 6.00. The van der Waals surface area contributed by atoms with E-state index < -0.39 is 0 Å². The Labute approximate surface area is 125 Å². The lowest BCUT2D eigenvalue weighted by Gasteiger charge is -2.12. The van der Waals surface area contributed by atoms with Crippen LogP contribution in [0.5, 0.6) is 5.75 Å². The number of anilines is 1. The molecule has 0 radical (unpaired) electrons. The number of nitrogens with zero attached hydrogens (tertiary/aromatic N) is 3. The first-order valence-corrected chi connectivity index (χ1v) is 6.06. The van der Waals surface area contributed by atoms with E-state index in [9.17, 15) is 0 Å². The van der Waals surface area contributed by atoms with Crippen molar-refractivity contribution in [3.63, 3.8) is 0 Å². The number of methoxy groups -OCH3 is 1. The van der Waals surface area contributed by atoms with E-state index in [1.165, 1.54) is 0 Å². The van der Waals surface area contributed by atoms with Crippen LogP contribution in [-0.4, -0.2) is 20.4 Å². The summed E-state index contributed by atoms with van der Waals surface area (Å²) in [5, 5.41) is 6.23. The molecule has 0 fully saturated rings. The minimum absolute atomic E-state index is 0. The van der Waals surface area contributed by atoms with Gasteiger partial charge in [0.2, 0.25) is 0 Å². The molecule has 0 aliphatic rings. The summed E-state index contributed by atoms with van der Waals surface area (Å²) in [5.41, 5.74) is 2.08. The second-order valence-corrected chi connectivity index (χ2v) is 4.26. The van der Waals surface area contributed by atoms with Crippen molar-refractivity contribution in [2.45, 2.75) is 0 Å². The molecule has 2 rings (SSSR count). The average Bonchev–Trinajstić information content (AvgIpc) is 2.46. The highest BCUT2D eigenvalue weighted by Crippen LogP contribution is 2.18. The topological polar surface area (TPSA) is 28.7 Å². The van der Waals surface area contributed by atoms with E-state index >= 15 is 0 Å². The van der Waals surface area contributed by atoms with Crippen molar-refractivity contribution < 1.29 is 21.7 Å². The molecule has 5 heteroatoms. The van der Waals surface area contributed by atoms with E-state index in [0.717, 1.165) is 17.0 Å². The number of rotatable bonds is 4. The number of hydrogen-bond donors (Lipinski definition) is 0. The number of benzene rings is 1. The summed E-state index contributed by atoms with van der Waals surface area (Å²) in [5.74, 6) is 0.844. The molecule has 0 spiro atoms. The molecular formula is C15H18ClN3O. The highest BCUT2D eigenvalue weighted by Gasteiger charge is 1.99. The first-order valence-electron chi connectivity index (χ1n) is 6.06. The van der Waals surface area contributed by atoms with Crippen LogP contribution in [0.3, 0.4) is 0 Å². The molecule has 0 saturated carbocycles. The minimum Gasteiger partial charge on any atom is -1.00 e. The molecule has 0 atom stereocenters. The van der Waals surface area contributed by atoms with Gasteiger partial charge in [0.1, 0.15) is 12.8 Å². The van der Waals surface area contributed by atoms with Crippen LogP contribution in [0.15, 0.2) is 53.9 Å². The number of aromatic nitrogens is 1. The van der Waals surface area contributed by atoms with Crippen LogP contribution in [0, 0.1) is 0 Å². The summed E-state index contributed by atoms with van der Waals surface area (Å²) < 4.78 is 7.12. The summed E-state index contributed by atoms with van der Waals surface area (Å²) in [6, 6.07) is 11.8. The van der Waals surface area contributed by atoms with Gasteiger partial charge in [0, 0.05) is 24.7 Å². The minimum atomic E-state index is 0. The quantitative estimate of drug-likeness (QED) is 0.410. The first-order chi connectivity index (χ1) is 9.19. The van der Waals surface area contributed by atoms with Gasteiger partial charge in [-0.25, -0.2) is 4.57 Å². The number of hydrazone groups is 1. The Bertz CT molecular complexity index is 552. The third-order valence-electron chi connectivity index (χ3n) is 2.83. The molecule has 0 bridgehead atoms. The van der Waals surface area contributed by atoms with Gasteiger partial charge in [-0.2, -0.15) is 5.10 Å². The van der Waals surface area contributed by atoms with Gasteiger partial charge in [0.25, 0.3) is 0 Å². The lowest BCUT2D eigenvalue weighted by atomic mass is 10.3. The maximum absolute atomic E-state index is 5.13. The summed E-state index contributed by atoms with van der Waals surface area (Å²) >= 11 is 0. The number of pyridine rings is 1. The van der Waals surface area contributed by atoms with Gasteiger partial charge in [-0.15, -0.1) is 0 Å². The molecule has 2 aromatic rings. The normalized spacial score (nSPS) is 10.2. The monoisotopic (exact) mass is 291 g/mol. The molecule has 1 aromatic carbocycles. The molecule has 0 aliphatic heterocycles. The zero-order valence-corrected chi connectivity index (χ0v) is 12.6. The summed E-state index contributed by atoms with van der Waals surface area (Å²) in [7, 11) is 5.57. The van der Waals surface area contributed by atoms with Gasteiger partial charge < -0.3 is 17.1 Å². The van der Waals surface area contributed by atoms with Gasteiger partial charge in [-0.1, -0.05) is 0 Å². The molecule has 0 amide bonds. The maximum Gasteiger partial charge on any atom is 0.169 e. The van der Waals surface area contributed by atoms with Crippen LogP contribution in [-0.2, 0) is 7.05 Å². The van der Waals surface area contributed by atoms with E-state index in [-0.39, 0.29) is 12.4 Å². The van der Waals surface area contributed by atoms with Gasteiger partial charge >= 0.3 is 0 Å². The molecule has 4 nitrogen and oxygen atoms in total. The van der Waals surface area contributed by atoms with Gasteiger partial charge in [0.15, 0.2) is 12.4 Å². The van der Waals surface area contributed by atoms with Crippen molar-refractivity contribution in [2.75, 3.05) is 19.2 Å². The predicted octanol–water partition coefficient (Wildman–Crippen LogP) is -1.01. The van der Waals surface area contributed by atoms with Crippen LogP contribution in [0.2, 0.25) is 0 Å². The smallest absolute Gasteiger partial charge is 0.169 e. The highest BCUT2D eigenvalue weighted by molar-refractivity contribution is 5.79. The third-order valence-corrected chi connectivity index (χ3v) is 2.83. The fraction of sp³-hybridized carbons (Fsp3) is 0.200. The molecule has 0 aliphatic carbocycles. The van der Waals surface area contributed by atoms with Crippen molar-refractivity contribution in [1.82, 2.24) is 0 Å². The van der Waals surface area contributed by atoms with Crippen LogP contribution >= 0.6 is 0 Å². The molecular weight excluding hydrogens is 274 g/mol. The largest absolute Gasteiger partial charge is 1.00 e. The lowest BCUT2D eigenvalue weighted by molar-refractivity contribution is -0.671. The number of hydrogen-bond acceptors (Lipinski definition) is 3. The molecule has 0 unspecified atom stereocenters. The van der Waals surface area contributed by atoms with Gasteiger partial charge in [0.05, 0.1) is 19.0 Å². The lowest BCUT2D eigenvalue weighted by Crippen LogP contribution is -3.00. The Balaban J connectivity index is 0.00000200. The SMILES string of the molecule is COc1ccc(N(C)/N=C/c2cc[n+](C)cc2)cc1.[Cl-]. The third kappa shape index (κ3) is 4.24. The summed E-state index contributed by atoms with van der Waals surface area (Å²) in [6.07, 6.45) is 5.83. The molecule has 1 aromatic heterocycles. The van der Waals surface area contributed by atoms with Crippen LogP contribution in [0.25, 0.3) is 0 Å². The van der Waals surface area contributed by atoms with Crippen LogP contribution in [0.1, 0.15) is 5.56 Å². The van der Waals surface area contributed by atoms with Crippen LogP contribution < -0.4 is 26.7 Å². The zero-order valence-electron chi connectivity index (χ0n) is 11.8. The fourth-order valence-electron chi connectivity index (χ4n) is 1.62. The van der Waals surface area contributed by atoms with Crippen molar-refractivity contribution in [3.05, 3.63) is 54.4 Å².